The van der Waals surface area contributed by atoms with E-state index in [0.29, 0.717) is 0 Å². The molecule has 100 valence electrons. The van der Waals surface area contributed by atoms with Crippen LogP contribution in [-0.4, -0.2) is 12.0 Å². The lowest BCUT2D eigenvalue weighted by atomic mass is 10.0. The van der Waals surface area contributed by atoms with Crippen molar-refractivity contribution in [3.8, 4) is 0 Å². The highest BCUT2D eigenvalue weighted by Crippen LogP contribution is 2.23. The van der Waals surface area contributed by atoms with Crippen LogP contribution >= 0.6 is 11.6 Å². The summed E-state index contributed by atoms with van der Waals surface area (Å²) in [7, 11) is 1.94. The van der Waals surface area contributed by atoms with Crippen molar-refractivity contribution in [2.24, 2.45) is 0 Å². The molecule has 3 aromatic rings. The van der Waals surface area contributed by atoms with Gasteiger partial charge >= 0.3 is 0 Å². The van der Waals surface area contributed by atoms with Gasteiger partial charge in [0.1, 0.15) is 0 Å². The Morgan fingerprint density at radius 1 is 0.950 bits per heavy atom. The predicted octanol–water partition coefficient (Wildman–Crippen LogP) is 4.20. The molecule has 1 N–H and O–H groups in total. The molecule has 0 aliphatic heterocycles. The topological polar surface area (TPSA) is 24.9 Å². The van der Waals surface area contributed by atoms with Crippen LogP contribution in [0.2, 0.25) is 5.02 Å². The lowest BCUT2D eigenvalue weighted by Crippen LogP contribution is -2.18. The molecule has 1 aromatic heterocycles. The van der Waals surface area contributed by atoms with Crippen LogP contribution in [0.5, 0.6) is 0 Å². The largest absolute Gasteiger partial charge is 0.308 e. The van der Waals surface area contributed by atoms with Crippen LogP contribution in [0.15, 0.2) is 60.7 Å². The fraction of sp³-hybridized carbons (Fsp3) is 0.118. The number of benzene rings is 2. The zero-order valence-electron chi connectivity index (χ0n) is 11.2. The van der Waals surface area contributed by atoms with Gasteiger partial charge in [0.05, 0.1) is 17.3 Å². The summed E-state index contributed by atoms with van der Waals surface area (Å²) in [5, 5.41) is 5.21. The van der Waals surface area contributed by atoms with Gasteiger partial charge in [-0.25, -0.2) is 0 Å². The molecule has 1 unspecified atom stereocenters. The summed E-state index contributed by atoms with van der Waals surface area (Å²) in [5.41, 5.74) is 3.17. The van der Waals surface area contributed by atoms with Gasteiger partial charge in [-0.3, -0.25) is 4.98 Å². The summed E-state index contributed by atoms with van der Waals surface area (Å²) in [5.74, 6) is 0. The quantitative estimate of drug-likeness (QED) is 0.779. The summed E-state index contributed by atoms with van der Waals surface area (Å²) >= 11 is 5.95. The number of rotatable bonds is 3. The molecule has 2 aromatic carbocycles. The van der Waals surface area contributed by atoms with Gasteiger partial charge in [0.15, 0.2) is 0 Å². The molecule has 0 radical (unpaired) electrons. The fourth-order valence-electron chi connectivity index (χ4n) is 2.38. The third kappa shape index (κ3) is 2.53. The van der Waals surface area contributed by atoms with E-state index in [1.54, 1.807) is 0 Å². The maximum Gasteiger partial charge on any atom is 0.0749 e. The Morgan fingerprint density at radius 2 is 1.70 bits per heavy atom. The minimum Gasteiger partial charge on any atom is -0.308 e. The first-order chi connectivity index (χ1) is 9.78. The van der Waals surface area contributed by atoms with Crippen LogP contribution in [0, 0.1) is 0 Å². The number of aromatic nitrogens is 1. The van der Waals surface area contributed by atoms with E-state index < -0.39 is 0 Å². The van der Waals surface area contributed by atoms with E-state index in [9.17, 15) is 0 Å². The van der Waals surface area contributed by atoms with Crippen molar-refractivity contribution in [3.63, 3.8) is 0 Å². The summed E-state index contributed by atoms with van der Waals surface area (Å²) in [6, 6.07) is 20.3. The van der Waals surface area contributed by atoms with E-state index >= 15 is 0 Å². The highest BCUT2D eigenvalue weighted by molar-refractivity contribution is 6.30. The first-order valence-corrected chi connectivity index (χ1v) is 6.94. The third-order valence-corrected chi connectivity index (χ3v) is 3.66. The lowest BCUT2D eigenvalue weighted by molar-refractivity contribution is 0.674. The minimum absolute atomic E-state index is 0.0665. The van der Waals surface area contributed by atoms with Crippen LogP contribution in [0.3, 0.4) is 0 Å². The van der Waals surface area contributed by atoms with E-state index in [-0.39, 0.29) is 6.04 Å². The van der Waals surface area contributed by atoms with Gasteiger partial charge in [0.25, 0.3) is 0 Å². The average Bonchev–Trinajstić information content (AvgIpc) is 2.50. The Hall–Kier alpha value is -1.90. The van der Waals surface area contributed by atoms with Gasteiger partial charge in [0, 0.05) is 10.4 Å². The van der Waals surface area contributed by atoms with Crippen LogP contribution in [0.1, 0.15) is 17.3 Å². The molecule has 1 heterocycles. The second-order valence-electron chi connectivity index (χ2n) is 4.70. The first-order valence-electron chi connectivity index (χ1n) is 6.56. The number of hydrogen-bond acceptors (Lipinski definition) is 2. The van der Waals surface area contributed by atoms with Gasteiger partial charge in [-0.05, 0) is 36.9 Å². The van der Waals surface area contributed by atoms with Gasteiger partial charge in [-0.15, -0.1) is 0 Å². The molecule has 3 rings (SSSR count). The first kappa shape index (κ1) is 13.1. The summed E-state index contributed by atoms with van der Waals surface area (Å²) in [4.78, 5) is 4.75. The Morgan fingerprint density at radius 3 is 2.45 bits per heavy atom. The minimum atomic E-state index is 0.0665. The number of hydrogen-bond donors (Lipinski definition) is 1. The maximum atomic E-state index is 5.95. The highest BCUT2D eigenvalue weighted by atomic mass is 35.5. The maximum absolute atomic E-state index is 5.95. The van der Waals surface area contributed by atoms with Crippen LogP contribution in [0.25, 0.3) is 10.9 Å². The monoisotopic (exact) mass is 282 g/mol. The van der Waals surface area contributed by atoms with Crippen molar-refractivity contribution in [3.05, 3.63) is 76.9 Å². The molecule has 1 atom stereocenters. The Balaban J connectivity index is 2.04. The van der Waals surface area contributed by atoms with E-state index in [1.165, 1.54) is 0 Å². The predicted molar refractivity (Wildman–Crippen MR) is 84.1 cm³/mol. The Bertz CT molecular complexity index is 722. The molecule has 0 amide bonds. The smallest absolute Gasteiger partial charge is 0.0749 e. The van der Waals surface area contributed by atoms with Crippen LogP contribution < -0.4 is 5.32 Å². The SMILES string of the molecule is CNC(c1ccc(Cl)cc1)c1ccc2ccccc2n1. The van der Waals surface area contributed by atoms with E-state index in [1.807, 2.05) is 49.5 Å². The molecule has 3 heteroatoms. The lowest BCUT2D eigenvalue weighted by Gasteiger charge is -2.16. The fourth-order valence-corrected chi connectivity index (χ4v) is 2.51. The molecule has 0 aliphatic rings. The molecule has 0 bridgehead atoms. The van der Waals surface area contributed by atoms with Crippen LogP contribution in [0.4, 0.5) is 0 Å². The second kappa shape index (κ2) is 5.61. The van der Waals surface area contributed by atoms with E-state index in [0.717, 1.165) is 27.2 Å². The summed E-state index contributed by atoms with van der Waals surface area (Å²) in [6.45, 7) is 0. The average molecular weight is 283 g/mol. The zero-order valence-corrected chi connectivity index (χ0v) is 11.9. The normalized spacial score (nSPS) is 12.5. The van der Waals surface area contributed by atoms with Crippen molar-refractivity contribution in [2.45, 2.75) is 6.04 Å². The zero-order chi connectivity index (χ0) is 13.9. The van der Waals surface area contributed by atoms with Crippen molar-refractivity contribution in [1.29, 1.82) is 0 Å². The molecule has 20 heavy (non-hydrogen) atoms. The molecular formula is C17H15ClN2. The molecule has 0 fully saturated rings. The van der Waals surface area contributed by atoms with Gasteiger partial charge in [-0.2, -0.15) is 0 Å². The Labute approximate surface area is 123 Å². The second-order valence-corrected chi connectivity index (χ2v) is 5.14. The molecule has 0 spiro atoms. The number of pyridine rings is 1. The molecule has 0 saturated heterocycles. The molecule has 0 saturated carbocycles. The summed E-state index contributed by atoms with van der Waals surface area (Å²) in [6.07, 6.45) is 0. The van der Waals surface area contributed by atoms with Crippen molar-refractivity contribution < 1.29 is 0 Å². The number of nitrogens with zero attached hydrogens (tertiary/aromatic N) is 1. The van der Waals surface area contributed by atoms with Crippen LogP contribution in [-0.2, 0) is 0 Å². The highest BCUT2D eigenvalue weighted by Gasteiger charge is 2.13. The Kier molecular flexibility index (Phi) is 3.68. The van der Waals surface area contributed by atoms with Crippen molar-refractivity contribution in [1.82, 2.24) is 10.3 Å². The van der Waals surface area contributed by atoms with Crippen molar-refractivity contribution >= 4 is 22.5 Å². The number of para-hydroxylation sites is 1. The molecule has 2 nitrogen and oxygen atoms in total. The molecular weight excluding hydrogens is 268 g/mol. The van der Waals surface area contributed by atoms with Gasteiger partial charge in [0.2, 0.25) is 0 Å². The van der Waals surface area contributed by atoms with E-state index in [2.05, 4.69) is 23.5 Å². The van der Waals surface area contributed by atoms with E-state index in [4.69, 9.17) is 16.6 Å². The van der Waals surface area contributed by atoms with Crippen molar-refractivity contribution in [2.75, 3.05) is 7.05 Å². The number of fused-ring (bicyclic) bond motifs is 1. The van der Waals surface area contributed by atoms with Gasteiger partial charge < -0.3 is 5.32 Å². The summed E-state index contributed by atoms with van der Waals surface area (Å²) < 4.78 is 0. The molecule has 0 aliphatic carbocycles. The number of halogens is 1. The number of nitrogens with one attached hydrogen (secondary N) is 1. The standard InChI is InChI=1S/C17H15ClN2/c1-19-17(13-6-9-14(18)10-7-13)16-11-8-12-4-2-3-5-15(12)20-16/h2-11,17,19H,1H3. The van der Waals surface area contributed by atoms with Gasteiger partial charge in [-0.1, -0.05) is 48.0 Å². The third-order valence-electron chi connectivity index (χ3n) is 3.41.